The van der Waals surface area contributed by atoms with E-state index in [9.17, 15) is 78.7 Å². The molecule has 0 radical (unpaired) electrons. The van der Waals surface area contributed by atoms with Crippen LogP contribution in [0.3, 0.4) is 0 Å². The molecule has 12 N–H and O–H groups in total. The number of ether oxygens (including phenoxy) is 13. The van der Waals surface area contributed by atoms with E-state index in [1.165, 1.54) is 13.8 Å². The molecule has 6 heterocycles. The molecular formula is C61H96O30S. The van der Waals surface area contributed by atoms with Gasteiger partial charge in [-0.15, -0.1) is 6.58 Å². The highest BCUT2D eigenvalue weighted by Crippen LogP contribution is 2.77. The zero-order valence-electron chi connectivity index (χ0n) is 53.3. The summed E-state index contributed by atoms with van der Waals surface area (Å²) in [5, 5.41) is 122. The number of carbonyl (C=O) groups is 2. The lowest BCUT2D eigenvalue weighted by molar-refractivity contribution is -0.403. The average Bonchev–Trinajstić information content (AvgIpc) is 1.47. The third kappa shape index (κ3) is 12.8. The van der Waals surface area contributed by atoms with E-state index in [0.29, 0.717) is 44.9 Å². The van der Waals surface area contributed by atoms with E-state index in [1.807, 2.05) is 13.8 Å². The van der Waals surface area contributed by atoms with Gasteiger partial charge in [-0.2, -0.15) is 8.42 Å². The van der Waals surface area contributed by atoms with Gasteiger partial charge in [0.25, 0.3) is 0 Å². The number of esters is 2. The first-order valence-corrected chi connectivity index (χ1v) is 33.2. The summed E-state index contributed by atoms with van der Waals surface area (Å²) in [6.45, 7) is 16.3. The standard InChI is InChI=1S/C61H96O30S/c1-25(2)12-11-17-60(9)50-31(82-27(4)64)20-59(8)29-13-14-35-57(5,6)36(16-18-58(35,7)28(29)15-19-61(50,59)56(74)90-60)85-54-48(40(69)34(24-80-54)91-92(75,76)77)89-55-49(88-51-41(70)37(66)30(65)23-79-51)42(71)45(26(3)81-55)86-53-44(73)47(39(68)33(22-63)84-53)87-52-43(72)46(78-10)38(67)32(21-62)83-52/h13,26,28,30-55,62-63,65-73H,1,11-12,14-24H2,2-10H3,(H,75,76,77)/t26-,28+,30-,31+,32-,33-,34-,35+,36+,37+,38-,39-,40+,41-,42+,43-,44-,45-,46+,47+,48-,49-,50-,51+,52+,53+,54+,55+,58-,59+,60+,61-/m1/s1. The minimum atomic E-state index is -5.28. The predicted octanol–water partition coefficient (Wildman–Crippen LogP) is -1.56. The van der Waals surface area contributed by atoms with Gasteiger partial charge < -0.3 is 118 Å². The Morgan fingerprint density at radius 3 is 1.90 bits per heavy atom. The number of rotatable bonds is 20. The van der Waals surface area contributed by atoms with Crippen LogP contribution in [-0.4, -0.2) is 274 Å². The van der Waals surface area contributed by atoms with Gasteiger partial charge in [-0.3, -0.25) is 14.1 Å². The Morgan fingerprint density at radius 1 is 0.685 bits per heavy atom. The van der Waals surface area contributed by atoms with Crippen LogP contribution in [0.4, 0.5) is 0 Å². The molecule has 0 bridgehead atoms. The van der Waals surface area contributed by atoms with Crippen molar-refractivity contribution >= 4 is 22.3 Å². The van der Waals surface area contributed by atoms with E-state index < -0.39 is 230 Å². The molecule has 92 heavy (non-hydrogen) atoms. The van der Waals surface area contributed by atoms with Crippen LogP contribution in [0, 0.1) is 39.4 Å². The number of cyclic esters (lactones) is 1. The third-order valence-corrected chi connectivity index (χ3v) is 22.8. The molecule has 6 saturated heterocycles. The monoisotopic (exact) mass is 1340 g/mol. The Bertz CT molecular complexity index is 2780. The lowest BCUT2D eigenvalue weighted by atomic mass is 9.41. The molecule has 0 aromatic carbocycles. The first-order chi connectivity index (χ1) is 43.1. The molecule has 526 valence electrons. The third-order valence-electron chi connectivity index (χ3n) is 22.4. The number of aliphatic hydroxyl groups is 11. The van der Waals surface area contributed by atoms with Gasteiger partial charge in [0.15, 0.2) is 31.5 Å². The maximum absolute atomic E-state index is 14.8. The molecule has 3 saturated carbocycles. The number of allylic oxidation sites excluding steroid dienone is 3. The Morgan fingerprint density at radius 2 is 1.28 bits per heavy atom. The van der Waals surface area contributed by atoms with E-state index in [4.69, 9.17) is 65.8 Å². The second kappa shape index (κ2) is 27.3. The van der Waals surface area contributed by atoms with Crippen molar-refractivity contribution in [3.05, 3.63) is 23.8 Å². The Hall–Kier alpha value is -2.59. The molecule has 0 unspecified atom stereocenters. The smallest absolute Gasteiger partial charge is 0.397 e. The maximum atomic E-state index is 14.8. The van der Waals surface area contributed by atoms with Crippen molar-refractivity contribution in [3.8, 4) is 0 Å². The largest absolute Gasteiger partial charge is 0.462 e. The van der Waals surface area contributed by atoms with Crippen LogP contribution in [0.2, 0.25) is 0 Å². The van der Waals surface area contributed by atoms with Crippen molar-refractivity contribution in [2.45, 2.75) is 272 Å². The topological polar surface area (TPSA) is 440 Å². The highest BCUT2D eigenvalue weighted by atomic mass is 32.3. The number of hydrogen-bond acceptors (Lipinski definition) is 29. The van der Waals surface area contributed by atoms with Crippen LogP contribution in [0.25, 0.3) is 0 Å². The SMILES string of the molecule is C=C(C)CCC[C@]1(C)OC(=O)[C@]23CC[C@H]4C(=CC[C@H]5C(C)(C)[C@@H](O[C@@H]6OC[C@@H](OS(=O)(=O)O)[C@H](O)[C@H]6O[C@@H]6O[C@H](C)[C@@H](O[C@@H]7O[C@H](CO)[C@@H](O)[C@H](O[C@@H]8O[C@H](CO)[C@@H](O)[C@H](OC)[C@H]8O)[C@H]7O)[C@H](O)[C@H]6O[C@@H]6OC[C@@H](O)[C@H](O)[C@H]6O)CC[C@]45C)[C@]2(C)C[C@H](OC(C)=O)[C@@H]31. The summed E-state index contributed by atoms with van der Waals surface area (Å²) in [5.74, 6) is -1.21. The zero-order chi connectivity index (χ0) is 67.3. The lowest BCUT2D eigenvalue weighted by Crippen LogP contribution is -2.68. The molecular weight excluding hydrogens is 1240 g/mol. The van der Waals surface area contributed by atoms with Crippen molar-refractivity contribution in [2.75, 3.05) is 33.5 Å². The van der Waals surface area contributed by atoms with Gasteiger partial charge in [0.2, 0.25) is 0 Å². The van der Waals surface area contributed by atoms with Gasteiger partial charge >= 0.3 is 22.3 Å². The van der Waals surface area contributed by atoms with Gasteiger partial charge in [-0.1, -0.05) is 44.9 Å². The second-order valence-corrected chi connectivity index (χ2v) is 29.4. The van der Waals surface area contributed by atoms with Gasteiger partial charge in [-0.25, -0.2) is 4.18 Å². The van der Waals surface area contributed by atoms with Gasteiger partial charge in [0.1, 0.15) is 115 Å². The molecule has 0 aromatic heterocycles. The van der Waals surface area contributed by atoms with E-state index in [1.54, 1.807) is 0 Å². The number of carbonyl (C=O) groups excluding carboxylic acids is 2. The van der Waals surface area contributed by atoms with Crippen LogP contribution in [-0.2, 0) is 85.8 Å². The number of aliphatic hydroxyl groups excluding tert-OH is 11. The summed E-state index contributed by atoms with van der Waals surface area (Å²) in [6, 6.07) is 0. The van der Waals surface area contributed by atoms with Gasteiger partial charge in [0, 0.05) is 19.4 Å². The molecule has 32 atom stereocenters. The summed E-state index contributed by atoms with van der Waals surface area (Å²) in [6.07, 6.45) is -34.8. The predicted molar refractivity (Wildman–Crippen MR) is 308 cm³/mol. The van der Waals surface area contributed by atoms with Crippen LogP contribution in [0.1, 0.15) is 113 Å². The number of hydrogen-bond donors (Lipinski definition) is 12. The molecule has 0 amide bonds. The molecule has 6 aliphatic heterocycles. The summed E-state index contributed by atoms with van der Waals surface area (Å²) < 4.78 is 118. The van der Waals surface area contributed by atoms with Gasteiger partial charge in [-0.05, 0) is 101 Å². The fourth-order valence-electron chi connectivity index (χ4n) is 17.8. The fourth-order valence-corrected chi connectivity index (χ4v) is 18.3. The summed E-state index contributed by atoms with van der Waals surface area (Å²) in [5.41, 5.74) is -1.53. The van der Waals surface area contributed by atoms with Crippen LogP contribution >= 0.6 is 0 Å². The van der Waals surface area contributed by atoms with E-state index in [2.05, 4.69) is 40.3 Å². The fraction of sp³-hybridized carbons (Fsp3) is 0.902. The zero-order valence-corrected chi connectivity index (χ0v) is 54.1. The lowest BCUT2D eigenvalue weighted by Gasteiger charge is -2.64. The first-order valence-electron chi connectivity index (χ1n) is 31.9. The van der Waals surface area contributed by atoms with Crippen molar-refractivity contribution in [1.29, 1.82) is 0 Å². The summed E-state index contributed by atoms with van der Waals surface area (Å²) in [4.78, 5) is 27.6. The van der Waals surface area contributed by atoms with E-state index >= 15 is 0 Å². The molecule has 1 spiro atoms. The van der Waals surface area contributed by atoms with Crippen LogP contribution in [0.5, 0.6) is 0 Å². The second-order valence-electron chi connectivity index (χ2n) is 28.4. The maximum Gasteiger partial charge on any atom is 0.397 e. The highest BCUT2D eigenvalue weighted by molar-refractivity contribution is 7.80. The Kier molecular flexibility index (Phi) is 21.4. The van der Waals surface area contributed by atoms with E-state index in [-0.39, 0.29) is 17.8 Å². The van der Waals surface area contributed by atoms with Crippen LogP contribution < -0.4 is 0 Å². The Balaban J connectivity index is 0.916. The van der Waals surface area contributed by atoms with E-state index in [0.717, 1.165) is 31.1 Å². The quantitative estimate of drug-likeness (QED) is 0.0373. The average molecular weight is 1340 g/mol. The molecule has 10 aliphatic rings. The minimum absolute atomic E-state index is 0.0205. The molecule has 31 heteroatoms. The molecule has 9 fully saturated rings. The van der Waals surface area contributed by atoms with Crippen LogP contribution in [0.15, 0.2) is 23.8 Å². The first kappa shape index (κ1) is 72.2. The normalized spacial score (nSPS) is 50.1. The molecule has 0 aromatic rings. The highest BCUT2D eigenvalue weighted by Gasteiger charge is 2.79. The van der Waals surface area contributed by atoms with Crippen molar-refractivity contribution < 1.29 is 144 Å². The minimum Gasteiger partial charge on any atom is -0.462 e. The van der Waals surface area contributed by atoms with Crippen molar-refractivity contribution in [1.82, 2.24) is 0 Å². The van der Waals surface area contributed by atoms with Crippen molar-refractivity contribution in [2.24, 2.45) is 39.4 Å². The molecule has 4 aliphatic carbocycles. The number of methoxy groups -OCH3 is 1. The summed E-state index contributed by atoms with van der Waals surface area (Å²) >= 11 is 0. The molecule has 10 rings (SSSR count). The summed E-state index contributed by atoms with van der Waals surface area (Å²) in [7, 11) is -4.12. The Labute approximate surface area is 534 Å². The molecule has 30 nitrogen and oxygen atoms in total. The van der Waals surface area contributed by atoms with Gasteiger partial charge in [0.05, 0.1) is 50.0 Å². The number of fused-ring (bicyclic) bond motifs is 4. The van der Waals surface area contributed by atoms with Crippen molar-refractivity contribution in [3.63, 3.8) is 0 Å².